The van der Waals surface area contributed by atoms with Crippen molar-refractivity contribution in [1.82, 2.24) is 10.2 Å². The zero-order valence-electron chi connectivity index (χ0n) is 11.5. The molecule has 0 unspecified atom stereocenters. The number of halogens is 2. The third-order valence-electron chi connectivity index (χ3n) is 3.31. The summed E-state index contributed by atoms with van der Waals surface area (Å²) in [6, 6.07) is 5.16. The highest BCUT2D eigenvalue weighted by Crippen LogP contribution is 2.38. The van der Waals surface area contributed by atoms with Crippen molar-refractivity contribution in [1.29, 1.82) is 0 Å². The summed E-state index contributed by atoms with van der Waals surface area (Å²) >= 11 is 0. The molecule has 1 aromatic carbocycles. The van der Waals surface area contributed by atoms with E-state index < -0.39 is 11.6 Å². The summed E-state index contributed by atoms with van der Waals surface area (Å²) in [5.41, 5.74) is 7.73. The Hall–Kier alpha value is -2.63. The minimum Gasteiger partial charge on any atom is -0.466 e. The number of aryl methyl sites for hydroxylation is 2. The van der Waals surface area contributed by atoms with Gasteiger partial charge in [0.05, 0.1) is 11.3 Å². The van der Waals surface area contributed by atoms with Crippen LogP contribution >= 0.6 is 0 Å². The van der Waals surface area contributed by atoms with Gasteiger partial charge in [0.25, 0.3) is 0 Å². The zero-order chi connectivity index (χ0) is 15.1. The smallest absolute Gasteiger partial charge is 0.153 e. The average molecular weight is 289 g/mol. The van der Waals surface area contributed by atoms with E-state index in [4.69, 9.17) is 10.2 Å². The lowest BCUT2D eigenvalue weighted by Gasteiger charge is -2.05. The summed E-state index contributed by atoms with van der Waals surface area (Å²) in [4.78, 5) is 0. The van der Waals surface area contributed by atoms with Gasteiger partial charge in [-0.15, -0.1) is 0 Å². The van der Waals surface area contributed by atoms with Crippen molar-refractivity contribution in [2.24, 2.45) is 0 Å². The van der Waals surface area contributed by atoms with Gasteiger partial charge >= 0.3 is 0 Å². The number of nitrogens with zero attached hydrogens (tertiary/aromatic N) is 1. The first-order valence-electron chi connectivity index (χ1n) is 6.34. The van der Waals surface area contributed by atoms with Gasteiger partial charge in [0.15, 0.2) is 5.82 Å². The van der Waals surface area contributed by atoms with E-state index in [1.807, 2.05) is 13.0 Å². The summed E-state index contributed by atoms with van der Waals surface area (Å²) in [7, 11) is 0. The molecule has 0 saturated heterocycles. The molecule has 2 aromatic heterocycles. The first kappa shape index (κ1) is 13.4. The molecule has 2 heterocycles. The Morgan fingerprint density at radius 2 is 1.90 bits per heavy atom. The van der Waals surface area contributed by atoms with Crippen LogP contribution in [0.2, 0.25) is 0 Å². The van der Waals surface area contributed by atoms with Gasteiger partial charge in [-0.1, -0.05) is 0 Å². The number of nitrogens with two attached hydrogens (primary N) is 1. The summed E-state index contributed by atoms with van der Waals surface area (Å²) in [6.45, 7) is 3.61. The van der Waals surface area contributed by atoms with Crippen LogP contribution in [0.5, 0.6) is 0 Å². The van der Waals surface area contributed by atoms with Crippen molar-refractivity contribution < 1.29 is 13.2 Å². The minimum absolute atomic E-state index is 0.147. The maximum absolute atomic E-state index is 14.0. The van der Waals surface area contributed by atoms with E-state index in [1.165, 1.54) is 12.1 Å². The van der Waals surface area contributed by atoms with E-state index in [9.17, 15) is 8.78 Å². The van der Waals surface area contributed by atoms with Crippen LogP contribution in [-0.2, 0) is 0 Å². The molecular formula is C15H13F2N3O. The summed E-state index contributed by atoms with van der Waals surface area (Å²) in [6.07, 6.45) is 0. The second-order valence-corrected chi connectivity index (χ2v) is 4.81. The van der Waals surface area contributed by atoms with Crippen LogP contribution < -0.4 is 5.73 Å². The topological polar surface area (TPSA) is 67.8 Å². The van der Waals surface area contributed by atoms with Crippen molar-refractivity contribution in [2.75, 3.05) is 5.73 Å². The lowest BCUT2D eigenvalue weighted by molar-refractivity contribution is 0.505. The Balaban J connectivity index is 2.24. The van der Waals surface area contributed by atoms with Crippen LogP contribution in [-0.4, -0.2) is 10.2 Å². The highest BCUT2D eigenvalue weighted by Gasteiger charge is 2.21. The molecule has 0 radical (unpaired) electrons. The fourth-order valence-electron chi connectivity index (χ4n) is 2.39. The van der Waals surface area contributed by atoms with Crippen LogP contribution in [0, 0.1) is 25.5 Å². The fraction of sp³-hybridized carbons (Fsp3) is 0.133. The Bertz CT molecular complexity index is 820. The predicted octanol–water partition coefficient (Wildman–Crippen LogP) is 3.81. The number of hydrogen-bond acceptors (Lipinski definition) is 3. The summed E-state index contributed by atoms with van der Waals surface area (Å²) < 4.78 is 32.6. The molecule has 0 aliphatic heterocycles. The average Bonchev–Trinajstić information content (AvgIpc) is 2.93. The molecule has 0 amide bonds. The van der Waals surface area contributed by atoms with Gasteiger partial charge in [0.1, 0.15) is 23.2 Å². The monoisotopic (exact) mass is 289 g/mol. The molecular weight excluding hydrogens is 276 g/mol. The maximum Gasteiger partial charge on any atom is 0.153 e. The van der Waals surface area contributed by atoms with E-state index in [1.54, 1.807) is 6.92 Å². The number of hydrogen-bond donors (Lipinski definition) is 2. The third-order valence-corrected chi connectivity index (χ3v) is 3.31. The highest BCUT2D eigenvalue weighted by atomic mass is 19.1. The van der Waals surface area contributed by atoms with E-state index in [0.29, 0.717) is 17.0 Å². The van der Waals surface area contributed by atoms with Gasteiger partial charge in [-0.05, 0) is 32.0 Å². The molecule has 21 heavy (non-hydrogen) atoms. The van der Waals surface area contributed by atoms with E-state index >= 15 is 0 Å². The van der Waals surface area contributed by atoms with Gasteiger partial charge in [-0.25, -0.2) is 8.78 Å². The number of rotatable bonds is 2. The van der Waals surface area contributed by atoms with Crippen LogP contribution in [0.15, 0.2) is 28.7 Å². The lowest BCUT2D eigenvalue weighted by Crippen LogP contribution is -1.92. The van der Waals surface area contributed by atoms with Crippen LogP contribution in [0.4, 0.5) is 14.6 Å². The SMILES string of the molecule is Cc1cc(-c2[nH]nc(N)c2-c2ccc(F)cc2F)c(C)o1. The van der Waals surface area contributed by atoms with Gasteiger partial charge in [0, 0.05) is 17.2 Å². The molecule has 0 aliphatic carbocycles. The molecule has 6 heteroatoms. The fourth-order valence-corrected chi connectivity index (χ4v) is 2.39. The second kappa shape index (κ2) is 4.73. The Morgan fingerprint density at radius 1 is 1.14 bits per heavy atom. The molecule has 0 spiro atoms. The molecule has 3 N–H and O–H groups in total. The van der Waals surface area contributed by atoms with Crippen LogP contribution in [0.25, 0.3) is 22.4 Å². The van der Waals surface area contributed by atoms with Gasteiger partial charge in [-0.2, -0.15) is 5.10 Å². The minimum atomic E-state index is -0.692. The van der Waals surface area contributed by atoms with E-state index in [2.05, 4.69) is 10.2 Å². The Morgan fingerprint density at radius 3 is 2.52 bits per heavy atom. The number of anilines is 1. The number of benzene rings is 1. The molecule has 0 atom stereocenters. The number of aromatic nitrogens is 2. The van der Waals surface area contributed by atoms with Crippen LogP contribution in [0.1, 0.15) is 11.5 Å². The highest BCUT2D eigenvalue weighted by molar-refractivity contribution is 5.88. The van der Waals surface area contributed by atoms with Crippen molar-refractivity contribution in [3.05, 3.63) is 47.4 Å². The number of aromatic amines is 1. The largest absolute Gasteiger partial charge is 0.466 e. The number of H-pyrrole nitrogens is 1. The second-order valence-electron chi connectivity index (χ2n) is 4.81. The predicted molar refractivity (Wildman–Crippen MR) is 75.5 cm³/mol. The molecule has 3 rings (SSSR count). The van der Waals surface area contributed by atoms with Gasteiger partial charge in [-0.3, -0.25) is 5.10 Å². The molecule has 108 valence electrons. The maximum atomic E-state index is 14.0. The first-order valence-corrected chi connectivity index (χ1v) is 6.34. The lowest BCUT2D eigenvalue weighted by atomic mass is 10.0. The van der Waals surface area contributed by atoms with Crippen molar-refractivity contribution in [3.8, 4) is 22.4 Å². The number of nitrogen functional groups attached to an aromatic ring is 1. The van der Waals surface area contributed by atoms with Gasteiger partial charge in [0.2, 0.25) is 0 Å². The third kappa shape index (κ3) is 2.18. The van der Waals surface area contributed by atoms with Crippen molar-refractivity contribution in [2.45, 2.75) is 13.8 Å². The molecule has 0 bridgehead atoms. The molecule has 0 saturated carbocycles. The molecule has 0 fully saturated rings. The molecule has 0 aliphatic rings. The standard InChI is InChI=1S/C15H13F2N3O/c1-7-5-11(8(2)21-7)14-13(15(18)20-19-14)10-4-3-9(16)6-12(10)17/h3-6H,1-2H3,(H3,18,19,20). The van der Waals surface area contributed by atoms with Gasteiger partial charge < -0.3 is 10.2 Å². The van der Waals surface area contributed by atoms with E-state index in [0.717, 1.165) is 17.4 Å². The van der Waals surface area contributed by atoms with E-state index in [-0.39, 0.29) is 11.4 Å². The first-order chi connectivity index (χ1) is 9.97. The summed E-state index contributed by atoms with van der Waals surface area (Å²) in [5, 5.41) is 6.72. The van der Waals surface area contributed by atoms with Crippen molar-refractivity contribution >= 4 is 5.82 Å². The zero-order valence-corrected chi connectivity index (χ0v) is 11.5. The Kier molecular flexibility index (Phi) is 3.01. The molecule has 3 aromatic rings. The normalized spacial score (nSPS) is 11.0. The Labute approximate surface area is 119 Å². The number of furan rings is 1. The summed E-state index contributed by atoms with van der Waals surface area (Å²) in [5.74, 6) is 0.201. The van der Waals surface area contributed by atoms with Crippen molar-refractivity contribution in [3.63, 3.8) is 0 Å². The number of nitrogens with one attached hydrogen (secondary N) is 1. The quantitative estimate of drug-likeness (QED) is 0.753. The van der Waals surface area contributed by atoms with Crippen LogP contribution in [0.3, 0.4) is 0 Å². The molecule has 4 nitrogen and oxygen atoms in total.